The number of aliphatic hydroxyl groups excluding tert-OH is 1. The Kier molecular flexibility index (Phi) is 3.44. The Bertz CT molecular complexity index is 352. The first-order chi connectivity index (χ1) is 7.68. The molecular formula is C13H20N2O. The fourth-order valence-corrected chi connectivity index (χ4v) is 2.37. The van der Waals surface area contributed by atoms with Crippen LogP contribution in [0.4, 0.5) is 5.69 Å². The number of rotatable bonds is 2. The van der Waals surface area contributed by atoms with Crippen LogP contribution in [0.15, 0.2) is 18.3 Å². The van der Waals surface area contributed by atoms with Gasteiger partial charge in [-0.3, -0.25) is 4.98 Å². The first kappa shape index (κ1) is 11.4. The summed E-state index contributed by atoms with van der Waals surface area (Å²) in [6.07, 6.45) is 5.95. The molecule has 0 aliphatic heterocycles. The first-order valence-corrected chi connectivity index (χ1v) is 6.00. The van der Waals surface area contributed by atoms with Crippen LogP contribution < -0.4 is 4.90 Å². The summed E-state index contributed by atoms with van der Waals surface area (Å²) in [5.74, 6) is 0.230. The summed E-state index contributed by atoms with van der Waals surface area (Å²) >= 11 is 0. The van der Waals surface area contributed by atoms with Gasteiger partial charge < -0.3 is 10.0 Å². The van der Waals surface area contributed by atoms with E-state index in [1.807, 2.05) is 26.4 Å². The standard InChI is InChI=1S/C13H20N2O/c1-15(2)10-7-8-14-12(9-10)11-5-3-4-6-13(11)16/h7-9,11,13,16H,3-6H2,1-2H3. The quantitative estimate of drug-likeness (QED) is 0.829. The smallest absolute Gasteiger partial charge is 0.0623 e. The maximum absolute atomic E-state index is 10.00. The summed E-state index contributed by atoms with van der Waals surface area (Å²) in [5, 5.41) is 10.00. The second kappa shape index (κ2) is 4.83. The van der Waals surface area contributed by atoms with Crippen LogP contribution in [0.1, 0.15) is 37.3 Å². The molecule has 0 saturated heterocycles. The summed E-state index contributed by atoms with van der Waals surface area (Å²) in [7, 11) is 4.05. The van der Waals surface area contributed by atoms with Gasteiger partial charge in [0, 0.05) is 37.6 Å². The third-order valence-corrected chi connectivity index (χ3v) is 3.39. The molecule has 0 spiro atoms. The Hall–Kier alpha value is -1.09. The molecular weight excluding hydrogens is 200 g/mol. The van der Waals surface area contributed by atoms with Crippen molar-refractivity contribution >= 4 is 5.69 Å². The molecule has 1 N–H and O–H groups in total. The largest absolute Gasteiger partial charge is 0.392 e. The average Bonchev–Trinajstić information content (AvgIpc) is 2.30. The second-order valence-corrected chi connectivity index (χ2v) is 4.79. The monoisotopic (exact) mass is 220 g/mol. The maximum Gasteiger partial charge on any atom is 0.0623 e. The van der Waals surface area contributed by atoms with Crippen molar-refractivity contribution in [2.24, 2.45) is 0 Å². The minimum atomic E-state index is -0.210. The Morgan fingerprint density at radius 1 is 1.31 bits per heavy atom. The van der Waals surface area contributed by atoms with Crippen molar-refractivity contribution < 1.29 is 5.11 Å². The van der Waals surface area contributed by atoms with E-state index < -0.39 is 0 Å². The van der Waals surface area contributed by atoms with Crippen molar-refractivity contribution in [3.05, 3.63) is 24.0 Å². The van der Waals surface area contributed by atoms with Crippen molar-refractivity contribution in [2.45, 2.75) is 37.7 Å². The first-order valence-electron chi connectivity index (χ1n) is 6.00. The SMILES string of the molecule is CN(C)c1ccnc(C2CCCCC2O)c1. The van der Waals surface area contributed by atoms with E-state index in [2.05, 4.69) is 16.0 Å². The highest BCUT2D eigenvalue weighted by atomic mass is 16.3. The molecule has 1 saturated carbocycles. The molecule has 0 aromatic carbocycles. The number of aromatic nitrogens is 1. The van der Waals surface area contributed by atoms with E-state index in [1.165, 1.54) is 6.42 Å². The summed E-state index contributed by atoms with van der Waals surface area (Å²) < 4.78 is 0. The van der Waals surface area contributed by atoms with Crippen LogP contribution in [-0.4, -0.2) is 30.3 Å². The molecule has 3 heteroatoms. The highest BCUT2D eigenvalue weighted by molar-refractivity contribution is 5.45. The van der Waals surface area contributed by atoms with E-state index in [4.69, 9.17) is 0 Å². The van der Waals surface area contributed by atoms with Gasteiger partial charge in [0.05, 0.1) is 6.10 Å². The van der Waals surface area contributed by atoms with Crippen molar-refractivity contribution in [2.75, 3.05) is 19.0 Å². The molecule has 2 rings (SSSR count). The van der Waals surface area contributed by atoms with E-state index >= 15 is 0 Å². The fourth-order valence-electron chi connectivity index (χ4n) is 2.37. The van der Waals surface area contributed by atoms with Gasteiger partial charge in [0.15, 0.2) is 0 Å². The van der Waals surface area contributed by atoms with Gasteiger partial charge in [0.2, 0.25) is 0 Å². The van der Waals surface area contributed by atoms with Crippen LogP contribution in [0, 0.1) is 0 Å². The van der Waals surface area contributed by atoms with Crippen molar-refractivity contribution in [3.63, 3.8) is 0 Å². The van der Waals surface area contributed by atoms with Crippen molar-refractivity contribution in [1.82, 2.24) is 4.98 Å². The topological polar surface area (TPSA) is 36.4 Å². The van der Waals surface area contributed by atoms with Crippen LogP contribution in [0.5, 0.6) is 0 Å². The van der Waals surface area contributed by atoms with Gasteiger partial charge in [0.25, 0.3) is 0 Å². The number of hydrogen-bond donors (Lipinski definition) is 1. The molecule has 16 heavy (non-hydrogen) atoms. The molecule has 1 aromatic rings. The minimum absolute atomic E-state index is 0.210. The van der Waals surface area contributed by atoms with E-state index in [9.17, 15) is 5.11 Å². The maximum atomic E-state index is 10.00. The van der Waals surface area contributed by atoms with Crippen LogP contribution in [0.3, 0.4) is 0 Å². The summed E-state index contributed by atoms with van der Waals surface area (Å²) in [6, 6.07) is 4.10. The van der Waals surface area contributed by atoms with Gasteiger partial charge in [-0.2, -0.15) is 0 Å². The molecule has 1 fully saturated rings. The van der Waals surface area contributed by atoms with Crippen LogP contribution in [-0.2, 0) is 0 Å². The summed E-state index contributed by atoms with van der Waals surface area (Å²) in [5.41, 5.74) is 2.20. The molecule has 88 valence electrons. The van der Waals surface area contributed by atoms with E-state index in [-0.39, 0.29) is 12.0 Å². The van der Waals surface area contributed by atoms with E-state index in [0.717, 1.165) is 30.6 Å². The van der Waals surface area contributed by atoms with Gasteiger partial charge >= 0.3 is 0 Å². The van der Waals surface area contributed by atoms with Gasteiger partial charge in [-0.25, -0.2) is 0 Å². The number of pyridine rings is 1. The zero-order valence-corrected chi connectivity index (χ0v) is 10.1. The normalized spacial score (nSPS) is 25.4. The van der Waals surface area contributed by atoms with Crippen LogP contribution in [0.2, 0.25) is 0 Å². The number of hydrogen-bond acceptors (Lipinski definition) is 3. The molecule has 2 atom stereocenters. The van der Waals surface area contributed by atoms with Crippen LogP contribution in [0.25, 0.3) is 0 Å². The summed E-state index contributed by atoms with van der Waals surface area (Å²) in [6.45, 7) is 0. The van der Waals surface area contributed by atoms with Gasteiger partial charge in [0.1, 0.15) is 0 Å². The molecule has 0 amide bonds. The third kappa shape index (κ3) is 2.35. The predicted molar refractivity (Wildman–Crippen MR) is 65.8 cm³/mol. The minimum Gasteiger partial charge on any atom is -0.392 e. The molecule has 1 heterocycles. The molecule has 3 nitrogen and oxygen atoms in total. The number of anilines is 1. The highest BCUT2D eigenvalue weighted by Crippen LogP contribution is 2.32. The Morgan fingerprint density at radius 2 is 2.06 bits per heavy atom. The van der Waals surface area contributed by atoms with Gasteiger partial charge in [-0.15, -0.1) is 0 Å². The zero-order valence-electron chi connectivity index (χ0n) is 10.1. The lowest BCUT2D eigenvalue weighted by molar-refractivity contribution is 0.104. The predicted octanol–water partition coefficient (Wildman–Crippen LogP) is 2.17. The lowest BCUT2D eigenvalue weighted by atomic mass is 9.84. The molecule has 1 aromatic heterocycles. The molecule has 1 aliphatic carbocycles. The van der Waals surface area contributed by atoms with Gasteiger partial charge in [-0.1, -0.05) is 12.8 Å². The number of nitrogens with zero attached hydrogens (tertiary/aromatic N) is 2. The molecule has 0 bridgehead atoms. The summed E-state index contributed by atoms with van der Waals surface area (Å²) in [4.78, 5) is 6.48. The van der Waals surface area contributed by atoms with Crippen LogP contribution >= 0.6 is 0 Å². The Balaban J connectivity index is 2.21. The average molecular weight is 220 g/mol. The zero-order chi connectivity index (χ0) is 11.5. The lowest BCUT2D eigenvalue weighted by Gasteiger charge is -2.27. The molecule has 2 unspecified atom stereocenters. The number of aliphatic hydroxyl groups is 1. The lowest BCUT2D eigenvalue weighted by Crippen LogP contribution is -2.23. The van der Waals surface area contributed by atoms with E-state index in [0.29, 0.717) is 0 Å². The molecule has 1 aliphatic rings. The van der Waals surface area contributed by atoms with E-state index in [1.54, 1.807) is 0 Å². The Morgan fingerprint density at radius 3 is 2.75 bits per heavy atom. The third-order valence-electron chi connectivity index (χ3n) is 3.39. The van der Waals surface area contributed by atoms with Crippen molar-refractivity contribution in [3.8, 4) is 0 Å². The highest BCUT2D eigenvalue weighted by Gasteiger charge is 2.25. The van der Waals surface area contributed by atoms with Crippen molar-refractivity contribution in [1.29, 1.82) is 0 Å². The second-order valence-electron chi connectivity index (χ2n) is 4.79. The Labute approximate surface area is 97.1 Å². The van der Waals surface area contributed by atoms with Gasteiger partial charge in [-0.05, 0) is 25.0 Å². The fraction of sp³-hybridized carbons (Fsp3) is 0.615. The molecule has 0 radical (unpaired) electrons.